The van der Waals surface area contributed by atoms with Crippen molar-refractivity contribution in [1.29, 1.82) is 0 Å². The smallest absolute Gasteiger partial charge is 0.434 e. The van der Waals surface area contributed by atoms with Gasteiger partial charge in [0.25, 0.3) is 0 Å². The zero-order chi connectivity index (χ0) is 10.8. The van der Waals surface area contributed by atoms with Crippen molar-refractivity contribution < 1.29 is 17.9 Å². The normalized spacial score (nSPS) is 11.1. The van der Waals surface area contributed by atoms with Gasteiger partial charge in [0.15, 0.2) is 5.69 Å². The van der Waals surface area contributed by atoms with Gasteiger partial charge in [0.05, 0.1) is 19.5 Å². The van der Waals surface area contributed by atoms with Gasteiger partial charge in [-0.2, -0.15) is 13.2 Å². The van der Waals surface area contributed by atoms with Crippen molar-refractivity contribution in [2.24, 2.45) is 0 Å². The van der Waals surface area contributed by atoms with E-state index in [1.165, 1.54) is 7.11 Å². The molecule has 0 aromatic carbocycles. The van der Waals surface area contributed by atoms with Gasteiger partial charge in [-0.05, 0) is 0 Å². The maximum atomic E-state index is 12.0. The zero-order valence-corrected chi connectivity index (χ0v) is 7.30. The van der Waals surface area contributed by atoms with Gasteiger partial charge in [0.1, 0.15) is 11.5 Å². The van der Waals surface area contributed by atoms with Crippen LogP contribution in [0.15, 0.2) is 19.0 Å². The first-order valence-electron chi connectivity index (χ1n) is 3.57. The van der Waals surface area contributed by atoms with Gasteiger partial charge in [-0.25, -0.2) is 9.97 Å². The van der Waals surface area contributed by atoms with Crippen LogP contribution in [0.3, 0.4) is 0 Å². The molecule has 0 N–H and O–H groups in total. The predicted molar refractivity (Wildman–Crippen MR) is 43.1 cm³/mol. The molecule has 76 valence electrons. The van der Waals surface area contributed by atoms with Gasteiger partial charge in [0.2, 0.25) is 0 Å². The Morgan fingerprint density at radius 2 is 2.00 bits per heavy atom. The van der Waals surface area contributed by atoms with E-state index in [1.54, 1.807) is 0 Å². The third kappa shape index (κ3) is 2.21. The monoisotopic (exact) mass is 204 g/mol. The third-order valence-corrected chi connectivity index (χ3v) is 1.47. The minimum atomic E-state index is -4.47. The van der Waals surface area contributed by atoms with Crippen LogP contribution in [0.25, 0.3) is 5.76 Å². The number of methoxy groups -OCH3 is 1. The first kappa shape index (κ1) is 10.5. The number of rotatable bonds is 2. The van der Waals surface area contributed by atoms with Crippen LogP contribution in [0, 0.1) is 0 Å². The zero-order valence-electron chi connectivity index (χ0n) is 7.30. The fourth-order valence-corrected chi connectivity index (χ4v) is 0.723. The van der Waals surface area contributed by atoms with Gasteiger partial charge in [-0.15, -0.1) is 0 Å². The second kappa shape index (κ2) is 3.65. The quantitative estimate of drug-likeness (QED) is 0.692. The van der Waals surface area contributed by atoms with E-state index in [1.807, 2.05) is 0 Å². The van der Waals surface area contributed by atoms with E-state index in [2.05, 4.69) is 21.3 Å². The van der Waals surface area contributed by atoms with E-state index in [0.29, 0.717) is 6.20 Å². The van der Waals surface area contributed by atoms with Crippen molar-refractivity contribution in [1.82, 2.24) is 9.97 Å². The van der Waals surface area contributed by atoms with Gasteiger partial charge in [0, 0.05) is 0 Å². The Balaban J connectivity index is 2.95. The average Bonchev–Trinajstić information content (AvgIpc) is 2.15. The lowest BCUT2D eigenvalue weighted by molar-refractivity contribution is -0.141. The molecule has 0 fully saturated rings. The van der Waals surface area contributed by atoms with E-state index in [-0.39, 0.29) is 11.5 Å². The second-order valence-electron chi connectivity index (χ2n) is 2.41. The standard InChI is InChI=1S/C8H7F3N2O/c1-5(14-2)6-3-13-7(4-12-6)8(9,10)11/h3-4H,1H2,2H3. The van der Waals surface area contributed by atoms with E-state index in [9.17, 15) is 13.2 Å². The summed E-state index contributed by atoms with van der Waals surface area (Å²) in [4.78, 5) is 6.70. The summed E-state index contributed by atoms with van der Waals surface area (Å²) in [6.07, 6.45) is -2.87. The van der Waals surface area contributed by atoms with Gasteiger partial charge in [-0.1, -0.05) is 6.58 Å². The number of hydrogen-bond donors (Lipinski definition) is 0. The predicted octanol–water partition coefficient (Wildman–Crippen LogP) is 2.11. The number of alkyl halides is 3. The lowest BCUT2D eigenvalue weighted by Gasteiger charge is -2.06. The molecule has 0 bridgehead atoms. The Labute approximate surface area is 78.3 Å². The van der Waals surface area contributed by atoms with Crippen LogP contribution in [0.1, 0.15) is 11.4 Å². The molecule has 0 aliphatic heterocycles. The molecule has 3 nitrogen and oxygen atoms in total. The number of halogens is 3. The summed E-state index contributed by atoms with van der Waals surface area (Å²) >= 11 is 0. The molecule has 0 amide bonds. The minimum Gasteiger partial charge on any atom is -0.495 e. The van der Waals surface area contributed by atoms with Gasteiger partial charge < -0.3 is 4.74 Å². The average molecular weight is 204 g/mol. The molecule has 0 aliphatic carbocycles. The largest absolute Gasteiger partial charge is 0.495 e. The summed E-state index contributed by atoms with van der Waals surface area (Å²) in [5, 5.41) is 0. The molecular formula is C8H7F3N2O. The lowest BCUT2D eigenvalue weighted by Crippen LogP contribution is -2.09. The number of ether oxygens (including phenoxy) is 1. The molecule has 1 aromatic rings. The van der Waals surface area contributed by atoms with Crippen LogP contribution in [0.2, 0.25) is 0 Å². The summed E-state index contributed by atoms with van der Waals surface area (Å²) in [6, 6.07) is 0. The fourth-order valence-electron chi connectivity index (χ4n) is 0.723. The molecule has 0 atom stereocenters. The molecular weight excluding hydrogens is 197 g/mol. The molecule has 0 aliphatic rings. The van der Waals surface area contributed by atoms with Crippen LogP contribution in [-0.2, 0) is 10.9 Å². The van der Waals surface area contributed by atoms with E-state index in [0.717, 1.165) is 6.20 Å². The van der Waals surface area contributed by atoms with Crippen LogP contribution in [0.5, 0.6) is 0 Å². The van der Waals surface area contributed by atoms with Crippen molar-refractivity contribution in [2.45, 2.75) is 6.18 Å². The van der Waals surface area contributed by atoms with E-state index < -0.39 is 11.9 Å². The Hall–Kier alpha value is -1.59. The van der Waals surface area contributed by atoms with Gasteiger partial charge >= 0.3 is 6.18 Å². The molecule has 1 heterocycles. The highest BCUT2D eigenvalue weighted by molar-refractivity contribution is 5.51. The summed E-state index contributed by atoms with van der Waals surface area (Å²) in [5.74, 6) is 0.172. The van der Waals surface area contributed by atoms with Crippen molar-refractivity contribution >= 4 is 5.76 Å². The van der Waals surface area contributed by atoms with E-state index >= 15 is 0 Å². The molecule has 6 heteroatoms. The number of nitrogens with zero attached hydrogens (tertiary/aromatic N) is 2. The minimum absolute atomic E-state index is 0.172. The lowest BCUT2D eigenvalue weighted by atomic mass is 10.3. The summed E-state index contributed by atoms with van der Waals surface area (Å²) in [6.45, 7) is 3.43. The molecule has 0 saturated carbocycles. The Bertz CT molecular complexity index is 331. The number of hydrogen-bond acceptors (Lipinski definition) is 3. The summed E-state index contributed by atoms with van der Waals surface area (Å²) in [7, 11) is 1.35. The Morgan fingerprint density at radius 3 is 2.36 bits per heavy atom. The van der Waals surface area contributed by atoms with Crippen molar-refractivity contribution in [3.63, 3.8) is 0 Å². The van der Waals surface area contributed by atoms with Crippen molar-refractivity contribution in [3.05, 3.63) is 30.4 Å². The summed E-state index contributed by atoms with van der Waals surface area (Å²) in [5.41, 5.74) is -0.856. The first-order valence-corrected chi connectivity index (χ1v) is 3.57. The molecule has 0 saturated heterocycles. The maximum Gasteiger partial charge on any atom is 0.434 e. The SMILES string of the molecule is C=C(OC)c1cnc(C(F)(F)F)cn1. The highest BCUT2D eigenvalue weighted by Gasteiger charge is 2.32. The fraction of sp³-hybridized carbons (Fsp3) is 0.250. The molecule has 1 aromatic heterocycles. The van der Waals surface area contributed by atoms with Crippen LogP contribution >= 0.6 is 0 Å². The molecule has 14 heavy (non-hydrogen) atoms. The third-order valence-electron chi connectivity index (χ3n) is 1.47. The molecule has 0 radical (unpaired) electrons. The van der Waals surface area contributed by atoms with Crippen LogP contribution in [-0.4, -0.2) is 17.1 Å². The summed E-state index contributed by atoms with van der Waals surface area (Å²) < 4.78 is 40.8. The highest BCUT2D eigenvalue weighted by atomic mass is 19.4. The van der Waals surface area contributed by atoms with Crippen LogP contribution in [0.4, 0.5) is 13.2 Å². The topological polar surface area (TPSA) is 35.0 Å². The number of aromatic nitrogens is 2. The molecule has 1 rings (SSSR count). The second-order valence-corrected chi connectivity index (χ2v) is 2.41. The van der Waals surface area contributed by atoms with E-state index in [4.69, 9.17) is 0 Å². The Morgan fingerprint density at radius 1 is 1.36 bits per heavy atom. The first-order chi connectivity index (χ1) is 6.45. The molecule has 0 spiro atoms. The Kier molecular flexibility index (Phi) is 2.73. The van der Waals surface area contributed by atoms with Crippen LogP contribution < -0.4 is 0 Å². The molecule has 0 unspecified atom stereocenters. The maximum absolute atomic E-state index is 12.0. The highest BCUT2D eigenvalue weighted by Crippen LogP contribution is 2.26. The van der Waals surface area contributed by atoms with Crippen molar-refractivity contribution in [3.8, 4) is 0 Å². The van der Waals surface area contributed by atoms with Crippen molar-refractivity contribution in [2.75, 3.05) is 7.11 Å². The van der Waals surface area contributed by atoms with Gasteiger partial charge in [-0.3, -0.25) is 0 Å².